The van der Waals surface area contributed by atoms with E-state index in [1.54, 1.807) is 24.3 Å². The molecule has 0 aliphatic heterocycles. The molecule has 0 saturated carbocycles. The lowest BCUT2D eigenvalue weighted by molar-refractivity contribution is 0.531. The van der Waals surface area contributed by atoms with Crippen LogP contribution < -0.4 is 5.32 Å². The van der Waals surface area contributed by atoms with E-state index in [-0.39, 0.29) is 5.82 Å². The minimum absolute atomic E-state index is 0.269. The normalized spacial score (nSPS) is 10.7. The summed E-state index contributed by atoms with van der Waals surface area (Å²) in [6.45, 7) is 0.489. The summed E-state index contributed by atoms with van der Waals surface area (Å²) >= 11 is 12.0. The Morgan fingerprint density at radius 2 is 1.73 bits per heavy atom. The molecule has 22 heavy (non-hydrogen) atoms. The highest BCUT2D eigenvalue weighted by Crippen LogP contribution is 2.27. The maximum atomic E-state index is 12.9. The molecule has 0 bridgehead atoms. The molecule has 0 amide bonds. The number of anilines is 1. The number of halogens is 3. The van der Waals surface area contributed by atoms with E-state index in [0.29, 0.717) is 22.4 Å². The lowest BCUT2D eigenvalue weighted by Gasteiger charge is -2.07. The van der Waals surface area contributed by atoms with Gasteiger partial charge in [-0.25, -0.2) is 4.39 Å². The molecular formula is C17H12Cl2FNO. The largest absolute Gasteiger partial charge is 0.459 e. The Kier molecular flexibility index (Phi) is 4.36. The van der Waals surface area contributed by atoms with Crippen molar-refractivity contribution < 1.29 is 8.81 Å². The van der Waals surface area contributed by atoms with Crippen molar-refractivity contribution in [1.29, 1.82) is 0 Å². The Bertz CT molecular complexity index is 784. The summed E-state index contributed by atoms with van der Waals surface area (Å²) in [4.78, 5) is 0. The second-order valence-electron chi connectivity index (χ2n) is 4.75. The summed E-state index contributed by atoms with van der Waals surface area (Å²) < 4.78 is 18.7. The number of benzene rings is 2. The zero-order valence-corrected chi connectivity index (χ0v) is 13.0. The second kappa shape index (κ2) is 6.42. The highest BCUT2D eigenvalue weighted by molar-refractivity contribution is 6.36. The van der Waals surface area contributed by atoms with Crippen LogP contribution in [0, 0.1) is 5.82 Å². The molecule has 0 unspecified atom stereocenters. The molecule has 0 fully saturated rings. The fourth-order valence-corrected chi connectivity index (χ4v) is 2.53. The van der Waals surface area contributed by atoms with Crippen LogP contribution in [-0.4, -0.2) is 0 Å². The molecule has 0 atom stereocenters. The van der Waals surface area contributed by atoms with Crippen LogP contribution in [0.4, 0.5) is 10.1 Å². The van der Waals surface area contributed by atoms with Crippen LogP contribution >= 0.6 is 23.2 Å². The van der Waals surface area contributed by atoms with Crippen LogP contribution in [0.3, 0.4) is 0 Å². The van der Waals surface area contributed by atoms with Gasteiger partial charge in [0.25, 0.3) is 0 Å². The highest BCUT2D eigenvalue weighted by atomic mass is 35.5. The van der Waals surface area contributed by atoms with E-state index < -0.39 is 0 Å². The maximum Gasteiger partial charge on any atom is 0.134 e. The van der Waals surface area contributed by atoms with Crippen molar-refractivity contribution in [2.24, 2.45) is 0 Å². The van der Waals surface area contributed by atoms with Crippen LogP contribution in [0.25, 0.3) is 11.3 Å². The highest BCUT2D eigenvalue weighted by Gasteiger charge is 2.06. The Morgan fingerprint density at radius 1 is 0.955 bits per heavy atom. The molecule has 1 N–H and O–H groups in total. The van der Waals surface area contributed by atoms with Crippen molar-refractivity contribution in [2.75, 3.05) is 5.32 Å². The van der Waals surface area contributed by atoms with Crippen LogP contribution in [0.2, 0.25) is 10.0 Å². The van der Waals surface area contributed by atoms with Crippen molar-refractivity contribution in [3.63, 3.8) is 0 Å². The van der Waals surface area contributed by atoms with Crippen molar-refractivity contribution in [3.8, 4) is 11.3 Å². The smallest absolute Gasteiger partial charge is 0.134 e. The van der Waals surface area contributed by atoms with Crippen molar-refractivity contribution in [3.05, 3.63) is 76.2 Å². The van der Waals surface area contributed by atoms with Gasteiger partial charge in [-0.3, -0.25) is 0 Å². The third-order valence-electron chi connectivity index (χ3n) is 3.17. The van der Waals surface area contributed by atoms with Gasteiger partial charge in [0.05, 0.1) is 17.3 Å². The molecule has 0 aliphatic carbocycles. The molecule has 112 valence electrons. The van der Waals surface area contributed by atoms with E-state index in [0.717, 1.165) is 17.0 Å². The molecule has 0 aliphatic rings. The molecular weight excluding hydrogens is 324 g/mol. The van der Waals surface area contributed by atoms with Crippen molar-refractivity contribution >= 4 is 28.9 Å². The van der Waals surface area contributed by atoms with E-state index in [1.807, 2.05) is 18.2 Å². The third-order valence-corrected chi connectivity index (χ3v) is 3.72. The predicted octanol–water partition coefficient (Wildman–Crippen LogP) is 6.00. The first kappa shape index (κ1) is 14.9. The summed E-state index contributed by atoms with van der Waals surface area (Å²) in [6.07, 6.45) is 0. The van der Waals surface area contributed by atoms with Gasteiger partial charge >= 0.3 is 0 Å². The van der Waals surface area contributed by atoms with E-state index >= 15 is 0 Å². The number of hydrogen-bond acceptors (Lipinski definition) is 2. The Labute approximate surface area is 137 Å². The van der Waals surface area contributed by atoms with Crippen molar-refractivity contribution in [1.82, 2.24) is 0 Å². The molecule has 0 spiro atoms. The van der Waals surface area contributed by atoms with Gasteiger partial charge in [-0.1, -0.05) is 23.2 Å². The van der Waals surface area contributed by atoms with Crippen molar-refractivity contribution in [2.45, 2.75) is 6.54 Å². The number of nitrogens with one attached hydrogen (secondary N) is 1. The molecule has 2 aromatic carbocycles. The summed E-state index contributed by atoms with van der Waals surface area (Å²) in [7, 11) is 0. The fourth-order valence-electron chi connectivity index (χ4n) is 2.06. The first-order valence-electron chi connectivity index (χ1n) is 6.65. The SMILES string of the molecule is Fc1ccc(-c2ccc(CNc3ccc(Cl)cc3Cl)o2)cc1. The molecule has 1 aromatic heterocycles. The Balaban J connectivity index is 1.70. The monoisotopic (exact) mass is 335 g/mol. The van der Waals surface area contributed by atoms with Crippen LogP contribution in [0.15, 0.2) is 59.0 Å². The molecule has 1 heterocycles. The van der Waals surface area contributed by atoms with Gasteiger partial charge in [-0.2, -0.15) is 0 Å². The molecule has 3 rings (SSSR count). The molecule has 5 heteroatoms. The molecule has 3 aromatic rings. The Morgan fingerprint density at radius 3 is 2.45 bits per heavy atom. The van der Waals surface area contributed by atoms with Gasteiger partial charge in [0.1, 0.15) is 17.3 Å². The molecule has 2 nitrogen and oxygen atoms in total. The predicted molar refractivity (Wildman–Crippen MR) is 87.9 cm³/mol. The number of hydrogen-bond donors (Lipinski definition) is 1. The molecule has 0 radical (unpaired) electrons. The standard InChI is InChI=1S/C17H12Cl2FNO/c18-12-3-7-16(15(19)9-12)21-10-14-6-8-17(22-14)11-1-4-13(20)5-2-11/h1-9,21H,10H2. The number of rotatable bonds is 4. The summed E-state index contributed by atoms with van der Waals surface area (Å²) in [5, 5.41) is 4.33. The van der Waals surface area contributed by atoms with Crippen LogP contribution in [0.5, 0.6) is 0 Å². The van der Waals surface area contributed by atoms with E-state index in [1.165, 1.54) is 12.1 Å². The van der Waals surface area contributed by atoms with E-state index in [9.17, 15) is 4.39 Å². The average molecular weight is 336 g/mol. The van der Waals surface area contributed by atoms with E-state index in [2.05, 4.69) is 5.32 Å². The topological polar surface area (TPSA) is 25.2 Å². The minimum Gasteiger partial charge on any atom is -0.459 e. The van der Waals surface area contributed by atoms with Gasteiger partial charge in [0.2, 0.25) is 0 Å². The fraction of sp³-hybridized carbons (Fsp3) is 0.0588. The minimum atomic E-state index is -0.269. The van der Waals surface area contributed by atoms with E-state index in [4.69, 9.17) is 27.6 Å². The maximum absolute atomic E-state index is 12.9. The van der Waals surface area contributed by atoms with Crippen LogP contribution in [0.1, 0.15) is 5.76 Å². The average Bonchev–Trinajstić information content (AvgIpc) is 2.96. The zero-order valence-electron chi connectivity index (χ0n) is 11.4. The summed E-state index contributed by atoms with van der Waals surface area (Å²) in [5.74, 6) is 1.18. The van der Waals surface area contributed by atoms with Gasteiger partial charge in [-0.15, -0.1) is 0 Å². The molecule has 0 saturated heterocycles. The first-order chi connectivity index (χ1) is 10.6. The quantitative estimate of drug-likeness (QED) is 0.632. The second-order valence-corrected chi connectivity index (χ2v) is 5.59. The lowest BCUT2D eigenvalue weighted by atomic mass is 10.2. The third kappa shape index (κ3) is 3.43. The number of furan rings is 1. The Hall–Kier alpha value is -1.97. The van der Waals surface area contributed by atoms with Gasteiger partial charge in [0.15, 0.2) is 0 Å². The lowest BCUT2D eigenvalue weighted by Crippen LogP contribution is -1.98. The van der Waals surface area contributed by atoms with Gasteiger partial charge in [-0.05, 0) is 54.6 Å². The first-order valence-corrected chi connectivity index (χ1v) is 7.41. The zero-order chi connectivity index (χ0) is 15.5. The van der Waals surface area contributed by atoms with Gasteiger partial charge in [0, 0.05) is 10.6 Å². The summed E-state index contributed by atoms with van der Waals surface area (Å²) in [6, 6.07) is 15.2. The van der Waals surface area contributed by atoms with Crippen LogP contribution in [-0.2, 0) is 6.54 Å². The van der Waals surface area contributed by atoms with Gasteiger partial charge < -0.3 is 9.73 Å². The summed E-state index contributed by atoms with van der Waals surface area (Å²) in [5.41, 5.74) is 1.61.